The number of unbranched alkanes of at least 4 members (excludes halogenated alkanes) is 1. The second-order valence-electron chi connectivity index (χ2n) is 10.4. The summed E-state index contributed by atoms with van der Waals surface area (Å²) in [5.74, 6) is 0.723. The number of nitrogens with zero attached hydrogens (tertiary/aromatic N) is 2. The van der Waals surface area contributed by atoms with Crippen molar-refractivity contribution < 1.29 is 69.9 Å². The van der Waals surface area contributed by atoms with Crippen LogP contribution in [0.4, 0.5) is 0 Å². The summed E-state index contributed by atoms with van der Waals surface area (Å²) in [6.45, 7) is 2.77. The summed E-state index contributed by atoms with van der Waals surface area (Å²) >= 11 is 1.37. The molecule has 1 aromatic heterocycles. The van der Waals surface area contributed by atoms with Crippen LogP contribution in [-0.2, 0) is 51.6 Å². The van der Waals surface area contributed by atoms with Crippen LogP contribution in [0.15, 0.2) is 52.4 Å². The van der Waals surface area contributed by atoms with Crippen molar-refractivity contribution in [2.24, 2.45) is 0 Å². The third-order valence-electron chi connectivity index (χ3n) is 6.45. The molecule has 3 rings (SSSR count). The fourth-order valence-electron chi connectivity index (χ4n) is 4.32. The molecule has 23 heteroatoms. The van der Waals surface area contributed by atoms with Crippen LogP contribution in [0.5, 0.6) is 0 Å². The molecule has 2 heterocycles. The monoisotopic (exact) mass is 780 g/mol. The summed E-state index contributed by atoms with van der Waals surface area (Å²) in [5, 5.41) is 11.5. The fourth-order valence-corrected chi connectivity index (χ4v) is 10.8. The maximum Gasteiger partial charge on any atom is 0.490 e. The number of aryl methyl sites for hydroxylation is 1. The van der Waals surface area contributed by atoms with Crippen molar-refractivity contribution in [3.05, 3.63) is 58.6 Å². The Morgan fingerprint density at radius 2 is 1.58 bits per heavy atom. The zero-order valence-corrected chi connectivity index (χ0v) is 30.4. The molecule has 0 bridgehead atoms. The number of rotatable bonds is 21. The van der Waals surface area contributed by atoms with E-state index in [0.29, 0.717) is 24.3 Å². The van der Waals surface area contributed by atoms with Gasteiger partial charge in [-0.1, -0.05) is 50.6 Å². The Kier molecular flexibility index (Phi) is 15.9. The van der Waals surface area contributed by atoms with Gasteiger partial charge in [-0.25, -0.2) is 22.8 Å². The first kappa shape index (κ1) is 41.4. The van der Waals surface area contributed by atoms with E-state index in [4.69, 9.17) is 14.0 Å². The Hall–Kier alpha value is -1.07. The van der Waals surface area contributed by atoms with E-state index in [-0.39, 0.29) is 13.0 Å². The molecule has 1 saturated heterocycles. The first-order valence-electron chi connectivity index (χ1n) is 14.8. The lowest BCUT2D eigenvalue weighted by molar-refractivity contribution is -0.0744. The number of ether oxygens (including phenoxy) is 2. The third-order valence-corrected chi connectivity index (χ3v) is 14.1. The van der Waals surface area contributed by atoms with Gasteiger partial charge in [0.05, 0.1) is 12.8 Å². The van der Waals surface area contributed by atoms with Crippen molar-refractivity contribution in [3.63, 3.8) is 0 Å². The van der Waals surface area contributed by atoms with Gasteiger partial charge in [0.1, 0.15) is 23.3 Å². The summed E-state index contributed by atoms with van der Waals surface area (Å²) in [6.07, 6.45) is -2.17. The summed E-state index contributed by atoms with van der Waals surface area (Å²) in [5.41, 5.74) is 0.322. The van der Waals surface area contributed by atoms with Crippen LogP contribution in [-0.4, -0.2) is 77.7 Å². The van der Waals surface area contributed by atoms with Crippen molar-refractivity contribution >= 4 is 42.8 Å². The zero-order chi connectivity index (χ0) is 35.6. The van der Waals surface area contributed by atoms with Crippen molar-refractivity contribution in [2.75, 3.05) is 25.1 Å². The van der Waals surface area contributed by atoms with E-state index in [0.717, 1.165) is 22.3 Å². The topological polar surface area (TPSA) is 260 Å². The number of thioether (sulfide) groups is 1. The van der Waals surface area contributed by atoms with Gasteiger partial charge >= 0.3 is 36.8 Å². The van der Waals surface area contributed by atoms with Gasteiger partial charge in [-0.05, 0) is 43.1 Å². The highest BCUT2D eigenvalue weighted by Gasteiger charge is 2.49. The molecule has 8 atom stereocenters. The molecule has 1 aliphatic heterocycles. The number of phosphoric ester groups is 1. The van der Waals surface area contributed by atoms with Crippen molar-refractivity contribution in [1.29, 1.82) is 0 Å². The predicted molar refractivity (Wildman–Crippen MR) is 172 cm³/mol. The highest BCUT2D eigenvalue weighted by molar-refractivity contribution is 7.99. The molecular formula is C25H40N2O16P4S. The van der Waals surface area contributed by atoms with Gasteiger partial charge < -0.3 is 34.2 Å². The summed E-state index contributed by atoms with van der Waals surface area (Å²) in [7, 11) is -22.1. The number of aliphatic hydroxyl groups excluding tert-OH is 1. The lowest BCUT2D eigenvalue weighted by Gasteiger charge is -2.22. The Bertz CT molecular complexity index is 1580. The van der Waals surface area contributed by atoms with Gasteiger partial charge in [-0.2, -0.15) is 13.6 Å². The van der Waals surface area contributed by atoms with Crippen molar-refractivity contribution in [3.8, 4) is 0 Å². The molecule has 5 N–H and O–H groups in total. The maximum absolute atomic E-state index is 12.9. The smallest absolute Gasteiger partial charge is 0.387 e. The first-order chi connectivity index (χ1) is 22.5. The molecule has 2 aromatic rings. The second kappa shape index (κ2) is 18.4. The number of hydrogen-bond donors (Lipinski definition) is 5. The minimum Gasteiger partial charge on any atom is -0.387 e. The van der Waals surface area contributed by atoms with E-state index in [9.17, 15) is 47.7 Å². The van der Waals surface area contributed by atoms with Crippen LogP contribution < -0.4 is 5.69 Å². The fraction of sp³-hybridized carbons (Fsp3) is 0.600. The molecule has 1 aliphatic rings. The highest BCUT2D eigenvalue weighted by Crippen LogP contribution is 2.71. The summed E-state index contributed by atoms with van der Waals surface area (Å²) in [6, 6.07) is 11.1. The first-order valence-corrected chi connectivity index (χ1v) is 22.0. The molecule has 5 unspecified atom stereocenters. The van der Waals surface area contributed by atoms with Crippen LogP contribution in [0.2, 0.25) is 0 Å². The number of phosphoric acid groups is 3. The molecular weight excluding hydrogens is 740 g/mol. The van der Waals surface area contributed by atoms with Crippen molar-refractivity contribution in [2.45, 2.75) is 75.5 Å². The van der Waals surface area contributed by atoms with Crippen LogP contribution in [0.1, 0.15) is 51.3 Å². The summed E-state index contributed by atoms with van der Waals surface area (Å²) < 4.78 is 78.2. The zero-order valence-electron chi connectivity index (χ0n) is 26.0. The Balaban J connectivity index is 1.69. The molecule has 1 aromatic carbocycles. The minimum absolute atomic E-state index is 0.102. The third kappa shape index (κ3) is 13.6. The Labute approximate surface area is 281 Å². The van der Waals surface area contributed by atoms with E-state index >= 15 is 0 Å². The van der Waals surface area contributed by atoms with E-state index in [1.165, 1.54) is 18.0 Å². The van der Waals surface area contributed by atoms with Crippen LogP contribution >= 0.6 is 42.8 Å². The lowest BCUT2D eigenvalue weighted by atomic mass is 10.1. The number of aromatic nitrogens is 2. The molecule has 0 aliphatic carbocycles. The quantitative estimate of drug-likeness (QED) is 0.0510. The lowest BCUT2D eigenvalue weighted by Crippen LogP contribution is -2.38. The second-order valence-corrected chi connectivity index (χ2v) is 18.3. The number of benzene rings is 1. The Morgan fingerprint density at radius 1 is 0.917 bits per heavy atom. The molecule has 0 saturated carbocycles. The predicted octanol–water partition coefficient (Wildman–Crippen LogP) is 4.37. The van der Waals surface area contributed by atoms with Gasteiger partial charge in [0, 0.05) is 12.8 Å². The van der Waals surface area contributed by atoms with Crippen LogP contribution in [0, 0.1) is 0 Å². The van der Waals surface area contributed by atoms with E-state index < -0.39 is 74.1 Å². The number of hydrogen-bond acceptors (Lipinski definition) is 14. The maximum atomic E-state index is 12.9. The van der Waals surface area contributed by atoms with E-state index in [1.54, 1.807) is 13.0 Å². The van der Waals surface area contributed by atoms with E-state index in [2.05, 4.69) is 17.9 Å². The average Bonchev–Trinajstić information content (AvgIpc) is 3.29. The van der Waals surface area contributed by atoms with Gasteiger partial charge in [0.2, 0.25) is 0 Å². The largest absolute Gasteiger partial charge is 0.490 e. The molecule has 0 amide bonds. The normalized spacial score (nSPS) is 24.7. The van der Waals surface area contributed by atoms with Gasteiger partial charge in [-0.3, -0.25) is 13.7 Å². The Morgan fingerprint density at radius 3 is 2.23 bits per heavy atom. The van der Waals surface area contributed by atoms with Gasteiger partial charge in [0.15, 0.2) is 6.23 Å². The number of aliphatic hydroxyl groups is 1. The summed E-state index contributed by atoms with van der Waals surface area (Å²) in [4.78, 5) is 56.2. The van der Waals surface area contributed by atoms with Crippen LogP contribution in [0.25, 0.3) is 0 Å². The van der Waals surface area contributed by atoms with Crippen molar-refractivity contribution in [1.82, 2.24) is 9.55 Å². The van der Waals surface area contributed by atoms with Gasteiger partial charge in [0.25, 0.3) is 0 Å². The molecule has 1 fully saturated rings. The SMILES string of the molecule is CCCCP(=O)(O)OP(=O)(O)OP(=O)(O)OP(=O)(O)OC[C@H]1O[C@@H](n2ccc(SCCC)nc2=O)[C@@H](OCCCc2ccccc2)C1O. The van der Waals surface area contributed by atoms with Crippen LogP contribution in [0.3, 0.4) is 0 Å². The molecule has 0 spiro atoms. The molecule has 18 nitrogen and oxygen atoms in total. The molecule has 272 valence electrons. The highest BCUT2D eigenvalue weighted by atomic mass is 32.2. The standard InChI is InChI=1S/C25H40N2O16P4S/c1-3-5-16-44(30,31)41-46(34,35)43-47(36,37)42-45(32,33)39-18-20-22(28)23(38-15-9-12-19-10-7-6-8-11-19)24(40-20)27-14-13-21(26-25(27)29)48-17-4-2/h6-8,10-11,13-14,20,22-24,28H,3-5,9,12,15-18H2,1-2H3,(H,30,31)(H,32,33)(H,34,35)(H,36,37)/t20-,22?,23+,24-/m1/s1. The molecule has 48 heavy (non-hydrogen) atoms. The van der Waals surface area contributed by atoms with E-state index in [1.807, 2.05) is 37.3 Å². The molecule has 0 radical (unpaired) electrons. The van der Waals surface area contributed by atoms with Gasteiger partial charge in [-0.15, -0.1) is 11.8 Å². The average molecular weight is 781 g/mol. The minimum atomic E-state index is -5.95.